The molecule has 56 heavy (non-hydrogen) atoms. The average Bonchev–Trinajstić information content (AvgIpc) is 3.14. The van der Waals surface area contributed by atoms with Crippen LogP contribution in [0.25, 0.3) is 27.6 Å². The summed E-state index contributed by atoms with van der Waals surface area (Å²) in [7, 11) is -5.11. The van der Waals surface area contributed by atoms with Crippen LogP contribution in [0.3, 0.4) is 0 Å². The minimum atomic E-state index is -5.11. The standard InChI is InChI=1S/C20H13N3O7S.C16H9N3O4.Cr.Na/c24-16-8-5-11-3-1-2-4-13(11)19(16)21-22-20-14-7-6-12(23(26)27)9-15(14)18(10-17(20)25)31(28,29)30;20-14-8-6-11(19(22)23)9-13(14)17-18-16-12-4-2-1-3-10(12)5-7-15(16)21;;/h1-10,24-25H,(H,28,29,30);1-9H;;/q;-2;+3;+1/p-2. The first kappa shape index (κ1) is 43.0. The summed E-state index contributed by atoms with van der Waals surface area (Å²) in [4.78, 5) is 33.1. The van der Waals surface area contributed by atoms with Crippen molar-refractivity contribution in [2.75, 3.05) is 0 Å². The van der Waals surface area contributed by atoms with E-state index in [9.17, 15) is 53.3 Å². The summed E-state index contributed by atoms with van der Waals surface area (Å²) in [6.45, 7) is 0. The number of nitrogens with zero attached hydrogens (tertiary/aromatic N) is 6. The predicted molar refractivity (Wildman–Crippen MR) is 192 cm³/mol. The van der Waals surface area contributed by atoms with Gasteiger partial charge in [-0.25, -0.2) is 8.42 Å². The normalized spacial score (nSPS) is 14.9. The van der Waals surface area contributed by atoms with Gasteiger partial charge in [0.15, 0.2) is 0 Å². The van der Waals surface area contributed by atoms with Crippen LogP contribution in [-0.4, -0.2) is 46.1 Å². The first-order valence-corrected chi connectivity index (χ1v) is 16.7. The number of hydroxylamine groups is 2. The molecule has 0 spiro atoms. The van der Waals surface area contributed by atoms with E-state index in [4.69, 9.17) is 0 Å². The molecule has 5 aromatic carbocycles. The molecule has 0 amide bonds. The molecule has 273 valence electrons. The molecule has 17 nitrogen and oxygen atoms in total. The largest absolute Gasteiger partial charge is 3.00 e. The second kappa shape index (κ2) is 17.8. The molecule has 7 rings (SSSR count). The monoisotopic (exact) mass is 819 g/mol. The molecule has 1 radical (unpaired) electrons. The Morgan fingerprint density at radius 1 is 0.714 bits per heavy atom. The number of allylic oxidation sites excluding steroid dienone is 4. The van der Waals surface area contributed by atoms with E-state index in [-0.39, 0.29) is 93.4 Å². The number of ketones is 2. The molecule has 20 heteroatoms. The van der Waals surface area contributed by atoms with E-state index in [2.05, 4.69) is 20.4 Å². The number of fused-ring (bicyclic) bond motifs is 3. The second-order valence-corrected chi connectivity index (χ2v) is 12.6. The number of non-ortho nitro benzene ring substituents is 1. The van der Waals surface area contributed by atoms with Crippen molar-refractivity contribution in [3.05, 3.63) is 147 Å². The summed E-state index contributed by atoms with van der Waals surface area (Å²) >= 11 is 0. The second-order valence-electron chi connectivity index (χ2n) is 11.2. The van der Waals surface area contributed by atoms with E-state index < -0.39 is 48.1 Å². The summed E-state index contributed by atoms with van der Waals surface area (Å²) in [6.07, 6.45) is 6.21. The van der Waals surface area contributed by atoms with E-state index in [0.717, 1.165) is 42.0 Å². The number of carbonyl (C=O) groups excluding carboxylic acids is 2. The molecule has 0 heterocycles. The van der Waals surface area contributed by atoms with Gasteiger partial charge >= 0.3 is 48.3 Å². The number of hydrogen-bond donors (Lipinski definition) is 0. The Balaban J connectivity index is 0.000000301. The summed E-state index contributed by atoms with van der Waals surface area (Å²) < 4.78 is 34.8. The summed E-state index contributed by atoms with van der Waals surface area (Å²) in [5.41, 5.74) is 0.177. The van der Waals surface area contributed by atoms with Gasteiger partial charge in [0.1, 0.15) is 21.5 Å². The van der Waals surface area contributed by atoms with E-state index >= 15 is 0 Å². The maximum Gasteiger partial charge on any atom is 3.00 e. The molecule has 5 aromatic rings. The number of hydrogen-bond acceptors (Lipinski definition) is 16. The Kier molecular flexibility index (Phi) is 13.7. The van der Waals surface area contributed by atoms with Crippen molar-refractivity contribution in [3.63, 3.8) is 0 Å². The van der Waals surface area contributed by atoms with Crippen LogP contribution < -0.4 is 39.8 Å². The Hall–Kier alpha value is -5.72. The molecule has 0 saturated heterocycles. The summed E-state index contributed by atoms with van der Waals surface area (Å²) in [6, 6.07) is 20.5. The molecule has 2 aliphatic carbocycles. The quantitative estimate of drug-likeness (QED) is 0.0596. The molecule has 0 N–H and O–H groups in total. The van der Waals surface area contributed by atoms with Gasteiger partial charge in [-0.05, 0) is 47.4 Å². The average molecular weight is 820 g/mol. The first-order chi connectivity index (χ1) is 25.7. The van der Waals surface area contributed by atoms with Crippen molar-refractivity contribution in [1.82, 2.24) is 5.23 Å². The fourth-order valence-corrected chi connectivity index (χ4v) is 6.03. The topological polar surface area (TPSA) is 279 Å². The predicted octanol–water partition coefficient (Wildman–Crippen LogP) is 2.23. The Bertz CT molecular complexity index is 2740. The SMILES string of the molecule is O=C1C=CC(N([O-])[O-])=CC1=NN=C1C(=O)C=Cc2ccccc21.O=[N+]([O-])c1ccc2c(N=Nc3c([O-])ccc4ccccc34)c([O-])cc(S(=O)(=O)[O-])c2c1.[Cr+3].[H+].[Na+]. The van der Waals surface area contributed by atoms with Crippen molar-refractivity contribution in [2.24, 2.45) is 20.4 Å². The van der Waals surface area contributed by atoms with Crippen LogP contribution in [0.15, 0.2) is 140 Å². The fraction of sp³-hybridized carbons (Fsp3) is 0. The molecule has 0 saturated carbocycles. The number of benzene rings is 5. The molecule has 0 unspecified atom stereocenters. The zero-order valence-corrected chi connectivity index (χ0v) is 32.6. The van der Waals surface area contributed by atoms with Crippen molar-refractivity contribution < 1.29 is 86.0 Å². The first-order valence-electron chi connectivity index (χ1n) is 15.3. The van der Waals surface area contributed by atoms with Gasteiger partial charge in [-0.2, -0.15) is 10.2 Å². The van der Waals surface area contributed by atoms with E-state index in [0.29, 0.717) is 22.4 Å². The Morgan fingerprint density at radius 2 is 1.38 bits per heavy atom. The van der Waals surface area contributed by atoms with E-state index in [1.807, 2.05) is 12.1 Å². The molecule has 0 bridgehead atoms. The van der Waals surface area contributed by atoms with Crippen LogP contribution in [0, 0.1) is 20.5 Å². The van der Waals surface area contributed by atoms with E-state index in [1.165, 1.54) is 12.1 Å². The number of nitro groups is 1. The summed E-state index contributed by atoms with van der Waals surface area (Å²) in [5, 5.41) is 72.9. The van der Waals surface area contributed by atoms with Crippen molar-refractivity contribution in [1.29, 1.82) is 0 Å². The fourth-order valence-electron chi connectivity index (χ4n) is 5.34. The Morgan fingerprint density at radius 3 is 2.07 bits per heavy atom. The van der Waals surface area contributed by atoms with Gasteiger partial charge < -0.3 is 30.4 Å². The van der Waals surface area contributed by atoms with Gasteiger partial charge in [0, 0.05) is 39.6 Å². The van der Waals surface area contributed by atoms with Crippen LogP contribution in [0.4, 0.5) is 17.1 Å². The van der Waals surface area contributed by atoms with Crippen LogP contribution in [0.2, 0.25) is 0 Å². The molecular formula is C36H20CrN6NaO11S. The number of carbonyl (C=O) groups is 2. The van der Waals surface area contributed by atoms with Gasteiger partial charge in [-0.3, -0.25) is 19.7 Å². The molecule has 2 aliphatic rings. The molecule has 0 aliphatic heterocycles. The maximum atomic E-state index is 12.5. The molecule has 0 fully saturated rings. The van der Waals surface area contributed by atoms with Crippen LogP contribution in [0.1, 0.15) is 12.6 Å². The van der Waals surface area contributed by atoms with Crippen molar-refractivity contribution >= 4 is 77.8 Å². The zero-order valence-electron chi connectivity index (χ0n) is 29.5. The molecular weight excluding hydrogens is 799 g/mol. The van der Waals surface area contributed by atoms with Gasteiger partial charge in [-0.15, -0.1) is 10.2 Å². The van der Waals surface area contributed by atoms with Crippen LogP contribution in [0.5, 0.6) is 11.5 Å². The third-order valence-electron chi connectivity index (χ3n) is 7.89. The zero-order chi connectivity index (χ0) is 38.7. The molecule has 0 aromatic heterocycles. The third-order valence-corrected chi connectivity index (χ3v) is 8.76. The minimum absolute atomic E-state index is 0. The van der Waals surface area contributed by atoms with E-state index in [1.54, 1.807) is 48.5 Å². The minimum Gasteiger partial charge on any atom is -0.871 e. The third kappa shape index (κ3) is 9.21. The summed E-state index contributed by atoms with van der Waals surface area (Å²) in [5.74, 6) is -2.24. The van der Waals surface area contributed by atoms with Crippen molar-refractivity contribution in [2.45, 2.75) is 4.90 Å². The molecule has 0 atom stereocenters. The van der Waals surface area contributed by atoms with Crippen LogP contribution >= 0.6 is 0 Å². The van der Waals surface area contributed by atoms with Crippen LogP contribution in [-0.2, 0) is 37.1 Å². The van der Waals surface area contributed by atoms with Gasteiger partial charge in [0.2, 0.25) is 11.6 Å². The smallest absolute Gasteiger partial charge is 0.871 e. The maximum absolute atomic E-state index is 12.5. The number of azo groups is 1. The Labute approximate surface area is 350 Å². The van der Waals surface area contributed by atoms with Crippen molar-refractivity contribution in [3.8, 4) is 11.5 Å². The number of nitro benzene ring substituents is 1. The van der Waals surface area contributed by atoms with Gasteiger partial charge in [-0.1, -0.05) is 78.2 Å². The van der Waals surface area contributed by atoms with Gasteiger partial charge in [0.05, 0.1) is 21.2 Å². The van der Waals surface area contributed by atoms with Gasteiger partial charge in [0.25, 0.3) is 5.69 Å². The number of rotatable bonds is 6.